The maximum atomic E-state index is 11.1. The van der Waals surface area contributed by atoms with Crippen LogP contribution in [0.2, 0.25) is 0 Å². The van der Waals surface area contributed by atoms with Gasteiger partial charge in [-0.2, -0.15) is 0 Å². The van der Waals surface area contributed by atoms with E-state index >= 15 is 0 Å². The van der Waals surface area contributed by atoms with Gasteiger partial charge in [-0.3, -0.25) is 9.59 Å². The van der Waals surface area contributed by atoms with Crippen LogP contribution in [-0.4, -0.2) is 18.6 Å². The van der Waals surface area contributed by atoms with Crippen LogP contribution in [0.15, 0.2) is 30.3 Å². The molecular weight excluding hydrogens is 178 g/mol. The van der Waals surface area contributed by atoms with Crippen LogP contribution in [0.4, 0.5) is 0 Å². The van der Waals surface area contributed by atoms with Gasteiger partial charge in [-0.05, 0) is 11.6 Å². The first kappa shape index (κ1) is 10.3. The number of allylic oxidation sites excluding steroid dienone is 1. The summed E-state index contributed by atoms with van der Waals surface area (Å²) in [6, 6.07) is 6.92. The van der Waals surface area contributed by atoms with E-state index in [-0.39, 0.29) is 12.3 Å². The van der Waals surface area contributed by atoms with Gasteiger partial charge in [-0.25, -0.2) is 0 Å². The first-order chi connectivity index (χ1) is 6.77. The van der Waals surface area contributed by atoms with Gasteiger partial charge in [0.2, 0.25) is 0 Å². The SMILES string of the molecule is NCC(=O)c1ccc(C=CC=O)cc1. The summed E-state index contributed by atoms with van der Waals surface area (Å²) in [7, 11) is 0. The van der Waals surface area contributed by atoms with E-state index in [9.17, 15) is 9.59 Å². The van der Waals surface area contributed by atoms with Gasteiger partial charge in [0, 0.05) is 5.56 Å². The van der Waals surface area contributed by atoms with Crippen molar-refractivity contribution in [2.75, 3.05) is 6.54 Å². The van der Waals surface area contributed by atoms with Gasteiger partial charge >= 0.3 is 0 Å². The van der Waals surface area contributed by atoms with Gasteiger partial charge in [-0.15, -0.1) is 0 Å². The molecule has 1 aromatic carbocycles. The Morgan fingerprint density at radius 3 is 2.43 bits per heavy atom. The van der Waals surface area contributed by atoms with Crippen LogP contribution >= 0.6 is 0 Å². The highest BCUT2D eigenvalue weighted by Crippen LogP contribution is 2.06. The number of Topliss-reactive ketones (excluding diaryl/α,β-unsaturated/α-hetero) is 1. The van der Waals surface area contributed by atoms with Crippen molar-refractivity contribution in [3.63, 3.8) is 0 Å². The largest absolute Gasteiger partial charge is 0.324 e. The first-order valence-electron chi connectivity index (χ1n) is 4.23. The predicted molar refractivity (Wildman–Crippen MR) is 54.9 cm³/mol. The van der Waals surface area contributed by atoms with E-state index < -0.39 is 0 Å². The summed E-state index contributed by atoms with van der Waals surface area (Å²) in [6.07, 6.45) is 3.78. The fourth-order valence-electron chi connectivity index (χ4n) is 1.05. The zero-order valence-corrected chi connectivity index (χ0v) is 7.64. The lowest BCUT2D eigenvalue weighted by atomic mass is 10.1. The topological polar surface area (TPSA) is 60.2 Å². The Kier molecular flexibility index (Phi) is 3.76. The summed E-state index contributed by atoms with van der Waals surface area (Å²) in [4.78, 5) is 21.2. The number of carbonyl (C=O) groups excluding carboxylic acids is 2. The number of rotatable bonds is 4. The maximum absolute atomic E-state index is 11.1. The van der Waals surface area contributed by atoms with Crippen molar-refractivity contribution in [1.82, 2.24) is 0 Å². The smallest absolute Gasteiger partial charge is 0.176 e. The molecule has 0 aliphatic rings. The molecule has 2 N–H and O–H groups in total. The Labute approximate surface area is 82.2 Å². The first-order valence-corrected chi connectivity index (χ1v) is 4.23. The zero-order valence-electron chi connectivity index (χ0n) is 7.64. The van der Waals surface area contributed by atoms with E-state index in [4.69, 9.17) is 5.73 Å². The fraction of sp³-hybridized carbons (Fsp3) is 0.0909. The highest BCUT2D eigenvalue weighted by molar-refractivity contribution is 5.97. The minimum absolute atomic E-state index is 0.0174. The highest BCUT2D eigenvalue weighted by Gasteiger charge is 2.00. The van der Waals surface area contributed by atoms with Crippen molar-refractivity contribution < 1.29 is 9.59 Å². The van der Waals surface area contributed by atoms with Crippen LogP contribution in [0.5, 0.6) is 0 Å². The van der Waals surface area contributed by atoms with Crippen molar-refractivity contribution in [2.45, 2.75) is 0 Å². The molecule has 0 aliphatic carbocycles. The van der Waals surface area contributed by atoms with Gasteiger partial charge < -0.3 is 5.73 Å². The number of nitrogens with two attached hydrogens (primary N) is 1. The van der Waals surface area contributed by atoms with Gasteiger partial charge in [0.15, 0.2) is 5.78 Å². The highest BCUT2D eigenvalue weighted by atomic mass is 16.1. The third kappa shape index (κ3) is 2.64. The quantitative estimate of drug-likeness (QED) is 0.437. The molecular formula is C11H11NO2. The number of hydrogen-bond donors (Lipinski definition) is 1. The van der Waals surface area contributed by atoms with Crippen LogP contribution in [0.3, 0.4) is 0 Å². The summed E-state index contributed by atoms with van der Waals surface area (Å²) in [6.45, 7) is 0.0174. The molecule has 3 heteroatoms. The molecule has 72 valence electrons. The summed E-state index contributed by atoms with van der Waals surface area (Å²) in [5.41, 5.74) is 6.69. The monoisotopic (exact) mass is 189 g/mol. The molecule has 1 rings (SSSR count). The molecule has 0 saturated carbocycles. The lowest BCUT2D eigenvalue weighted by Gasteiger charge is -1.97. The summed E-state index contributed by atoms with van der Waals surface area (Å²) < 4.78 is 0. The van der Waals surface area contributed by atoms with E-state index in [2.05, 4.69) is 0 Å². The molecule has 0 atom stereocenters. The van der Waals surface area contributed by atoms with Crippen LogP contribution in [0.1, 0.15) is 15.9 Å². The molecule has 0 fully saturated rings. The van der Waals surface area contributed by atoms with Gasteiger partial charge in [0.1, 0.15) is 6.29 Å². The number of aldehydes is 1. The van der Waals surface area contributed by atoms with Crippen molar-refractivity contribution >= 4 is 18.1 Å². The standard InChI is InChI=1S/C11H11NO2/c12-8-11(14)10-5-3-9(4-6-10)2-1-7-13/h1-7H,8,12H2. The average molecular weight is 189 g/mol. The van der Waals surface area contributed by atoms with Crippen LogP contribution in [0.25, 0.3) is 6.08 Å². The molecule has 0 heterocycles. The van der Waals surface area contributed by atoms with Gasteiger partial charge in [0.25, 0.3) is 0 Å². The molecule has 0 aromatic heterocycles. The average Bonchev–Trinajstić information content (AvgIpc) is 2.26. The lowest BCUT2D eigenvalue weighted by molar-refractivity contribution is -0.104. The van der Waals surface area contributed by atoms with E-state index in [1.54, 1.807) is 30.3 Å². The molecule has 0 bridgehead atoms. The Bertz CT molecular complexity index is 352. The fourth-order valence-corrected chi connectivity index (χ4v) is 1.05. The van der Waals surface area contributed by atoms with Gasteiger partial charge in [-0.1, -0.05) is 30.3 Å². The third-order valence-corrected chi connectivity index (χ3v) is 1.79. The summed E-state index contributed by atoms with van der Waals surface area (Å²) >= 11 is 0. The molecule has 0 radical (unpaired) electrons. The minimum Gasteiger partial charge on any atom is -0.324 e. The van der Waals surface area contributed by atoms with Crippen molar-refractivity contribution in [3.8, 4) is 0 Å². The second-order valence-corrected chi connectivity index (χ2v) is 2.74. The third-order valence-electron chi connectivity index (χ3n) is 1.79. The molecule has 0 aliphatic heterocycles. The van der Waals surface area contributed by atoms with Crippen LogP contribution < -0.4 is 5.73 Å². The summed E-state index contributed by atoms with van der Waals surface area (Å²) in [5, 5.41) is 0. The molecule has 0 spiro atoms. The van der Waals surface area contributed by atoms with Crippen LogP contribution in [0, 0.1) is 0 Å². The number of ketones is 1. The van der Waals surface area contributed by atoms with Crippen molar-refractivity contribution in [2.24, 2.45) is 5.73 Å². The van der Waals surface area contributed by atoms with Crippen molar-refractivity contribution in [1.29, 1.82) is 0 Å². The van der Waals surface area contributed by atoms with Gasteiger partial charge in [0.05, 0.1) is 6.54 Å². The van der Waals surface area contributed by atoms with Crippen molar-refractivity contribution in [3.05, 3.63) is 41.5 Å². The second kappa shape index (κ2) is 5.09. The molecule has 0 unspecified atom stereocenters. The lowest BCUT2D eigenvalue weighted by Crippen LogP contribution is -2.13. The van der Waals surface area contributed by atoms with E-state index in [0.29, 0.717) is 11.8 Å². The number of benzene rings is 1. The Hall–Kier alpha value is -1.74. The van der Waals surface area contributed by atoms with E-state index in [0.717, 1.165) is 5.56 Å². The van der Waals surface area contributed by atoms with E-state index in [1.807, 2.05) is 0 Å². The zero-order chi connectivity index (χ0) is 10.4. The minimum atomic E-state index is -0.0871. The van der Waals surface area contributed by atoms with E-state index in [1.165, 1.54) is 6.08 Å². The molecule has 14 heavy (non-hydrogen) atoms. The molecule has 3 nitrogen and oxygen atoms in total. The number of hydrogen-bond acceptors (Lipinski definition) is 3. The Morgan fingerprint density at radius 2 is 1.93 bits per heavy atom. The Balaban J connectivity index is 2.83. The summed E-state index contributed by atoms with van der Waals surface area (Å²) in [5.74, 6) is -0.0871. The normalized spacial score (nSPS) is 10.4. The molecule has 0 saturated heterocycles. The number of carbonyl (C=O) groups is 2. The molecule has 0 amide bonds. The molecule has 1 aromatic rings. The maximum Gasteiger partial charge on any atom is 0.176 e. The predicted octanol–water partition coefficient (Wildman–Crippen LogP) is 1.04. The second-order valence-electron chi connectivity index (χ2n) is 2.74. The Morgan fingerprint density at radius 1 is 1.29 bits per heavy atom. The van der Waals surface area contributed by atoms with Crippen LogP contribution in [-0.2, 0) is 4.79 Å².